The van der Waals surface area contributed by atoms with Crippen LogP contribution >= 0.6 is 0 Å². The molecule has 20 heavy (non-hydrogen) atoms. The number of rotatable bonds is 5. The first-order valence-corrected chi connectivity index (χ1v) is 7.98. The Morgan fingerprint density at radius 2 is 2.15 bits per heavy atom. The topological polar surface area (TPSA) is 33.1 Å². The van der Waals surface area contributed by atoms with Crippen LogP contribution < -0.4 is 5.32 Å². The summed E-state index contributed by atoms with van der Waals surface area (Å²) in [6.45, 7) is 15.3. The van der Waals surface area contributed by atoms with Gasteiger partial charge in [0.05, 0.1) is 11.4 Å². The molecule has 1 aliphatic heterocycles. The number of hydrogen-bond donors (Lipinski definition) is 1. The van der Waals surface area contributed by atoms with Crippen LogP contribution in [-0.2, 0) is 13.1 Å². The summed E-state index contributed by atoms with van der Waals surface area (Å²) in [6.07, 6.45) is 2.51. The van der Waals surface area contributed by atoms with Crippen molar-refractivity contribution >= 4 is 0 Å². The maximum atomic E-state index is 4.57. The van der Waals surface area contributed by atoms with E-state index in [0.29, 0.717) is 6.04 Å². The highest BCUT2D eigenvalue weighted by atomic mass is 15.3. The molecule has 2 heterocycles. The molecule has 0 radical (unpaired) electrons. The first kappa shape index (κ1) is 15.5. The van der Waals surface area contributed by atoms with Gasteiger partial charge in [0.25, 0.3) is 0 Å². The third kappa shape index (κ3) is 3.41. The van der Waals surface area contributed by atoms with Crippen molar-refractivity contribution in [1.29, 1.82) is 0 Å². The van der Waals surface area contributed by atoms with E-state index in [1.807, 2.05) is 0 Å². The second kappa shape index (κ2) is 6.27. The summed E-state index contributed by atoms with van der Waals surface area (Å²) < 4.78 is 2.14. The fourth-order valence-corrected chi connectivity index (χ4v) is 3.10. The standard InChI is InChI=1S/C16H30N4/c1-6-8-14-10-19(16(4,5)12-17-14)11-15-9-13(3)18-20(15)7-2/h9,14,17H,6-8,10-12H2,1-5H3. The zero-order valence-corrected chi connectivity index (χ0v) is 13.7. The van der Waals surface area contributed by atoms with Crippen LogP contribution in [0.25, 0.3) is 0 Å². The van der Waals surface area contributed by atoms with Gasteiger partial charge in [-0.2, -0.15) is 5.10 Å². The zero-order valence-electron chi connectivity index (χ0n) is 13.7. The second-order valence-electron chi connectivity index (χ2n) is 6.65. The van der Waals surface area contributed by atoms with Crippen LogP contribution in [0.2, 0.25) is 0 Å². The summed E-state index contributed by atoms with van der Waals surface area (Å²) in [5, 5.41) is 8.27. The van der Waals surface area contributed by atoms with E-state index in [1.165, 1.54) is 18.5 Å². The van der Waals surface area contributed by atoms with Crippen molar-refractivity contribution in [2.24, 2.45) is 0 Å². The van der Waals surface area contributed by atoms with Gasteiger partial charge in [0.2, 0.25) is 0 Å². The van der Waals surface area contributed by atoms with E-state index in [1.54, 1.807) is 0 Å². The van der Waals surface area contributed by atoms with E-state index in [2.05, 4.69) is 60.7 Å². The minimum Gasteiger partial charge on any atom is -0.311 e. The quantitative estimate of drug-likeness (QED) is 0.898. The molecule has 1 atom stereocenters. The molecule has 0 bridgehead atoms. The van der Waals surface area contributed by atoms with Gasteiger partial charge in [0, 0.05) is 37.8 Å². The molecule has 4 heteroatoms. The van der Waals surface area contributed by atoms with Crippen molar-refractivity contribution in [3.8, 4) is 0 Å². The Balaban J connectivity index is 2.11. The number of aryl methyl sites for hydroxylation is 2. The highest BCUT2D eigenvalue weighted by molar-refractivity contribution is 5.10. The fourth-order valence-electron chi connectivity index (χ4n) is 3.10. The molecule has 1 unspecified atom stereocenters. The molecular formula is C16H30N4. The lowest BCUT2D eigenvalue weighted by Crippen LogP contribution is -2.61. The Labute approximate surface area is 123 Å². The lowest BCUT2D eigenvalue weighted by atomic mass is 9.95. The van der Waals surface area contributed by atoms with Crippen molar-refractivity contribution in [2.45, 2.75) is 72.1 Å². The maximum absolute atomic E-state index is 4.57. The molecule has 1 saturated heterocycles. The van der Waals surface area contributed by atoms with Crippen molar-refractivity contribution in [1.82, 2.24) is 20.0 Å². The van der Waals surface area contributed by atoms with Crippen LogP contribution in [0.5, 0.6) is 0 Å². The normalized spacial score (nSPS) is 23.1. The largest absolute Gasteiger partial charge is 0.311 e. The van der Waals surface area contributed by atoms with E-state index >= 15 is 0 Å². The molecule has 1 aromatic heterocycles. The molecule has 1 aromatic rings. The first-order chi connectivity index (χ1) is 9.46. The number of nitrogens with one attached hydrogen (secondary N) is 1. The van der Waals surface area contributed by atoms with Gasteiger partial charge >= 0.3 is 0 Å². The Bertz CT molecular complexity index is 436. The SMILES string of the molecule is CCCC1CN(Cc2cc(C)nn2CC)C(C)(C)CN1. The van der Waals surface area contributed by atoms with Gasteiger partial charge in [-0.1, -0.05) is 13.3 Å². The van der Waals surface area contributed by atoms with Gasteiger partial charge in [-0.05, 0) is 40.2 Å². The molecule has 2 rings (SSSR count). The summed E-state index contributed by atoms with van der Waals surface area (Å²) in [7, 11) is 0. The molecule has 0 saturated carbocycles. The Hall–Kier alpha value is -0.870. The maximum Gasteiger partial charge on any atom is 0.0597 e. The summed E-state index contributed by atoms with van der Waals surface area (Å²) in [5.74, 6) is 0. The first-order valence-electron chi connectivity index (χ1n) is 7.98. The van der Waals surface area contributed by atoms with Gasteiger partial charge in [0.15, 0.2) is 0 Å². The Morgan fingerprint density at radius 1 is 1.40 bits per heavy atom. The average molecular weight is 278 g/mol. The van der Waals surface area contributed by atoms with E-state index < -0.39 is 0 Å². The highest BCUT2D eigenvalue weighted by Gasteiger charge is 2.33. The molecule has 0 aliphatic carbocycles. The number of piperazine rings is 1. The van der Waals surface area contributed by atoms with Gasteiger partial charge in [-0.25, -0.2) is 0 Å². The van der Waals surface area contributed by atoms with E-state index in [-0.39, 0.29) is 5.54 Å². The molecule has 1 N–H and O–H groups in total. The monoisotopic (exact) mass is 278 g/mol. The second-order valence-corrected chi connectivity index (χ2v) is 6.65. The molecule has 114 valence electrons. The van der Waals surface area contributed by atoms with Gasteiger partial charge in [-0.3, -0.25) is 9.58 Å². The van der Waals surface area contributed by atoms with Crippen molar-refractivity contribution in [2.75, 3.05) is 13.1 Å². The van der Waals surface area contributed by atoms with E-state index in [0.717, 1.165) is 31.9 Å². The zero-order chi connectivity index (χ0) is 14.8. The third-order valence-corrected chi connectivity index (χ3v) is 4.40. The lowest BCUT2D eigenvalue weighted by molar-refractivity contribution is 0.0539. The molecule has 1 fully saturated rings. The van der Waals surface area contributed by atoms with Gasteiger partial charge in [-0.15, -0.1) is 0 Å². The lowest BCUT2D eigenvalue weighted by Gasteiger charge is -2.46. The van der Waals surface area contributed by atoms with Gasteiger partial charge in [0.1, 0.15) is 0 Å². The summed E-state index contributed by atoms with van der Waals surface area (Å²) in [4.78, 5) is 2.62. The number of hydrogen-bond acceptors (Lipinski definition) is 3. The van der Waals surface area contributed by atoms with Crippen molar-refractivity contribution < 1.29 is 0 Å². The highest BCUT2D eigenvalue weighted by Crippen LogP contribution is 2.23. The predicted octanol–water partition coefficient (Wildman–Crippen LogP) is 2.56. The van der Waals surface area contributed by atoms with Crippen molar-refractivity contribution in [3.63, 3.8) is 0 Å². The fraction of sp³-hybridized carbons (Fsp3) is 0.812. The molecular weight excluding hydrogens is 248 g/mol. The van der Waals surface area contributed by atoms with Crippen LogP contribution in [0, 0.1) is 6.92 Å². The van der Waals surface area contributed by atoms with Crippen LogP contribution in [0.1, 0.15) is 51.9 Å². The van der Waals surface area contributed by atoms with Crippen LogP contribution in [0.15, 0.2) is 6.07 Å². The summed E-state index contributed by atoms with van der Waals surface area (Å²) in [6, 6.07) is 2.86. The smallest absolute Gasteiger partial charge is 0.0597 e. The minimum absolute atomic E-state index is 0.209. The minimum atomic E-state index is 0.209. The molecule has 4 nitrogen and oxygen atoms in total. The summed E-state index contributed by atoms with van der Waals surface area (Å²) >= 11 is 0. The number of nitrogens with zero attached hydrogens (tertiary/aromatic N) is 3. The predicted molar refractivity (Wildman–Crippen MR) is 83.8 cm³/mol. The molecule has 0 aromatic carbocycles. The number of aromatic nitrogens is 2. The Morgan fingerprint density at radius 3 is 2.80 bits per heavy atom. The molecule has 0 spiro atoms. The van der Waals surface area contributed by atoms with E-state index in [9.17, 15) is 0 Å². The molecule has 0 amide bonds. The Kier molecular flexibility index (Phi) is 4.86. The molecule has 1 aliphatic rings. The third-order valence-electron chi connectivity index (χ3n) is 4.40. The van der Waals surface area contributed by atoms with Crippen LogP contribution in [0.4, 0.5) is 0 Å². The average Bonchev–Trinajstić information content (AvgIpc) is 2.74. The summed E-state index contributed by atoms with van der Waals surface area (Å²) in [5.41, 5.74) is 2.68. The van der Waals surface area contributed by atoms with Gasteiger partial charge < -0.3 is 5.32 Å². The van der Waals surface area contributed by atoms with E-state index in [4.69, 9.17) is 0 Å². The van der Waals surface area contributed by atoms with Crippen molar-refractivity contribution in [3.05, 3.63) is 17.5 Å². The van der Waals surface area contributed by atoms with Crippen LogP contribution in [-0.4, -0.2) is 39.4 Å². The van der Waals surface area contributed by atoms with Crippen LogP contribution in [0.3, 0.4) is 0 Å².